The fraction of sp³-hybridized carbons (Fsp3) is 0.357. The summed E-state index contributed by atoms with van der Waals surface area (Å²) in [5.74, 6) is -1.87. The second-order valence-corrected chi connectivity index (χ2v) is 13.3. The topological polar surface area (TPSA) is 155 Å². The van der Waals surface area contributed by atoms with Crippen LogP contribution in [0.5, 0.6) is 0 Å². The van der Waals surface area contributed by atoms with Gasteiger partial charge in [-0.05, 0) is 29.8 Å². The monoisotopic (exact) mass is 754 g/mol. The van der Waals surface area contributed by atoms with Gasteiger partial charge in [-0.25, -0.2) is 9.59 Å². The summed E-state index contributed by atoms with van der Waals surface area (Å²) in [7, 11) is 0. The van der Waals surface area contributed by atoms with E-state index in [1.165, 1.54) is 6.92 Å². The number of aliphatic hydroxyl groups is 1. The average molecular weight is 755 g/mol. The molecule has 0 radical (unpaired) electrons. The van der Waals surface area contributed by atoms with Crippen LogP contribution in [0.1, 0.15) is 45.1 Å². The molecule has 288 valence electrons. The van der Waals surface area contributed by atoms with Crippen molar-refractivity contribution in [2.75, 3.05) is 19.8 Å². The molecule has 3 aliphatic rings. The van der Waals surface area contributed by atoms with Gasteiger partial charge in [-0.15, -0.1) is 0 Å². The fourth-order valence-electron chi connectivity index (χ4n) is 6.75. The summed E-state index contributed by atoms with van der Waals surface area (Å²) in [5.41, 5.74) is 2.28. The predicted molar refractivity (Wildman–Crippen MR) is 192 cm³/mol. The molecule has 4 aromatic carbocycles. The van der Waals surface area contributed by atoms with E-state index >= 15 is 0 Å². The Hall–Kier alpha value is -4.99. The molecule has 0 saturated carbocycles. The highest BCUT2D eigenvalue weighted by Crippen LogP contribution is 2.39. The Labute approximate surface area is 317 Å². The summed E-state index contributed by atoms with van der Waals surface area (Å²) in [6, 6.07) is 35.6. The van der Waals surface area contributed by atoms with Crippen molar-refractivity contribution in [2.45, 2.75) is 74.9 Å². The van der Waals surface area contributed by atoms with E-state index in [4.69, 9.17) is 42.6 Å². The molecular weight excluding hydrogens is 712 g/mol. The van der Waals surface area contributed by atoms with Crippen molar-refractivity contribution >= 4 is 17.9 Å². The lowest BCUT2D eigenvalue weighted by molar-refractivity contribution is -0.374. The van der Waals surface area contributed by atoms with E-state index < -0.39 is 79.3 Å². The van der Waals surface area contributed by atoms with Crippen molar-refractivity contribution in [3.05, 3.63) is 144 Å². The molecule has 0 spiro atoms. The molecule has 0 bridgehead atoms. The highest BCUT2D eigenvalue weighted by Gasteiger charge is 2.56. The first-order valence-electron chi connectivity index (χ1n) is 18.1. The molecule has 0 amide bonds. The van der Waals surface area contributed by atoms with Crippen molar-refractivity contribution in [3.63, 3.8) is 0 Å². The van der Waals surface area contributed by atoms with Gasteiger partial charge in [-0.3, -0.25) is 4.79 Å². The summed E-state index contributed by atoms with van der Waals surface area (Å²) in [4.78, 5) is 38.4. The molecular formula is C42H42O13. The number of rotatable bonds is 13. The Morgan fingerprint density at radius 3 is 1.84 bits per heavy atom. The smallest absolute Gasteiger partial charge is 0.338 e. The van der Waals surface area contributed by atoms with Crippen molar-refractivity contribution in [2.24, 2.45) is 0 Å². The Balaban J connectivity index is 1.14. The Morgan fingerprint density at radius 2 is 1.24 bits per heavy atom. The number of esters is 3. The van der Waals surface area contributed by atoms with Crippen LogP contribution >= 0.6 is 0 Å². The third-order valence-corrected chi connectivity index (χ3v) is 9.44. The Bertz CT molecular complexity index is 1840. The van der Waals surface area contributed by atoms with Gasteiger partial charge in [0.05, 0.1) is 24.3 Å². The van der Waals surface area contributed by atoms with Crippen molar-refractivity contribution in [1.29, 1.82) is 0 Å². The van der Waals surface area contributed by atoms with Crippen LogP contribution in [0.25, 0.3) is 0 Å². The molecule has 0 aliphatic carbocycles. The zero-order chi connectivity index (χ0) is 38.1. The van der Waals surface area contributed by atoms with Crippen LogP contribution in [0.2, 0.25) is 0 Å². The van der Waals surface area contributed by atoms with Gasteiger partial charge >= 0.3 is 17.9 Å². The maximum Gasteiger partial charge on any atom is 0.338 e. The lowest BCUT2D eigenvalue weighted by atomic mass is 9.96. The van der Waals surface area contributed by atoms with Crippen LogP contribution in [0, 0.1) is 0 Å². The third-order valence-electron chi connectivity index (χ3n) is 9.44. The van der Waals surface area contributed by atoms with Gasteiger partial charge in [-0.1, -0.05) is 97.1 Å². The first-order valence-corrected chi connectivity index (χ1v) is 18.1. The van der Waals surface area contributed by atoms with Crippen molar-refractivity contribution in [1.82, 2.24) is 0 Å². The molecule has 7 rings (SSSR count). The normalized spacial score (nSPS) is 28.8. The molecule has 13 heteroatoms. The minimum Gasteiger partial charge on any atom is -0.459 e. The van der Waals surface area contributed by atoms with Crippen LogP contribution < -0.4 is 0 Å². The van der Waals surface area contributed by atoms with E-state index in [1.807, 2.05) is 60.7 Å². The molecule has 1 N–H and O–H groups in total. The van der Waals surface area contributed by atoms with Crippen LogP contribution in [0.15, 0.2) is 121 Å². The maximum absolute atomic E-state index is 12.9. The van der Waals surface area contributed by atoms with Gasteiger partial charge in [0.1, 0.15) is 55.9 Å². The molecule has 3 fully saturated rings. The van der Waals surface area contributed by atoms with Crippen molar-refractivity contribution in [3.8, 4) is 0 Å². The second kappa shape index (κ2) is 18.1. The highest BCUT2D eigenvalue weighted by atomic mass is 16.8. The number of carbonyl (C=O) groups excluding carboxylic acids is 3. The molecule has 0 unspecified atom stereocenters. The third kappa shape index (κ3) is 9.46. The Kier molecular flexibility index (Phi) is 12.6. The molecule has 0 aromatic heterocycles. The summed E-state index contributed by atoms with van der Waals surface area (Å²) >= 11 is 0. The molecule has 4 aromatic rings. The largest absolute Gasteiger partial charge is 0.459 e. The quantitative estimate of drug-likeness (QED) is 0.150. The van der Waals surface area contributed by atoms with E-state index in [-0.39, 0.29) is 26.4 Å². The first-order chi connectivity index (χ1) is 26.8. The van der Waals surface area contributed by atoms with E-state index in [1.54, 1.807) is 60.7 Å². The van der Waals surface area contributed by atoms with Gasteiger partial charge in [-0.2, -0.15) is 0 Å². The number of aliphatic hydroxyl groups excluding tert-OH is 1. The minimum atomic E-state index is -1.41. The zero-order valence-electron chi connectivity index (χ0n) is 30.0. The van der Waals surface area contributed by atoms with Gasteiger partial charge in [0.25, 0.3) is 0 Å². The highest BCUT2D eigenvalue weighted by molar-refractivity contribution is 5.89. The lowest BCUT2D eigenvalue weighted by Gasteiger charge is -2.49. The number of fused-ring (bicyclic) bond motifs is 1. The van der Waals surface area contributed by atoms with Crippen molar-refractivity contribution < 1.29 is 62.1 Å². The second-order valence-electron chi connectivity index (χ2n) is 13.3. The summed E-state index contributed by atoms with van der Waals surface area (Å²) < 4.78 is 55.1. The lowest BCUT2D eigenvalue weighted by Crippen LogP contribution is -2.64. The van der Waals surface area contributed by atoms with Crippen LogP contribution in [-0.2, 0) is 54.0 Å². The molecule has 55 heavy (non-hydrogen) atoms. The number of ether oxygens (including phenoxy) is 9. The molecule has 3 saturated heterocycles. The van der Waals surface area contributed by atoms with Crippen LogP contribution in [-0.4, -0.2) is 98.0 Å². The van der Waals surface area contributed by atoms with Gasteiger partial charge in [0.15, 0.2) is 18.7 Å². The zero-order valence-corrected chi connectivity index (χ0v) is 30.0. The SMILES string of the molecule is CC(=O)O[C@H]1[C@H](O[C@H]2[C@H](O)[C@@H](COC(=O)c3ccccc3)O[C@@H]2COC(=O)c2ccccc2)O[C@H]2CO[C@@H](c3ccccc3)O[C@H]2[C@@H]1OCc1ccccc1. The summed E-state index contributed by atoms with van der Waals surface area (Å²) in [5, 5.41) is 11.7. The molecule has 13 nitrogen and oxygen atoms in total. The minimum absolute atomic E-state index is 0.0714. The van der Waals surface area contributed by atoms with E-state index in [0.717, 1.165) is 11.1 Å². The van der Waals surface area contributed by atoms with Crippen LogP contribution in [0.4, 0.5) is 0 Å². The maximum atomic E-state index is 12.9. The van der Waals surface area contributed by atoms with Crippen LogP contribution in [0.3, 0.4) is 0 Å². The Morgan fingerprint density at radius 1 is 0.673 bits per heavy atom. The van der Waals surface area contributed by atoms with E-state index in [0.29, 0.717) is 11.1 Å². The number of hydrogen-bond acceptors (Lipinski definition) is 13. The number of carbonyl (C=O) groups is 3. The number of hydrogen-bond donors (Lipinski definition) is 1. The van der Waals surface area contributed by atoms with Gasteiger partial charge in [0, 0.05) is 12.5 Å². The van der Waals surface area contributed by atoms with E-state index in [2.05, 4.69) is 0 Å². The van der Waals surface area contributed by atoms with Gasteiger partial charge < -0.3 is 47.7 Å². The van der Waals surface area contributed by atoms with E-state index in [9.17, 15) is 19.5 Å². The summed E-state index contributed by atoms with van der Waals surface area (Å²) in [6.45, 7) is 0.788. The van der Waals surface area contributed by atoms with Gasteiger partial charge in [0.2, 0.25) is 0 Å². The summed E-state index contributed by atoms with van der Waals surface area (Å²) in [6.07, 6.45) is -10.5. The standard InChI is InChI=1S/C42H42O13/c1-26(43)51-38-37(47-22-27-14-6-2-7-15-27)36-33(25-50-41(55-36)30-20-12-5-13-21-30)53-42(38)54-35-32(24-49-40(46)29-18-10-4-11-19-29)52-31(34(35)44)23-48-39(45)28-16-8-3-9-17-28/h2-21,31-38,41-42,44H,22-25H2,1H3/t31-,32-,33+,34-,35-,36-,37+,38-,41-,42+/m1/s1. The molecule has 3 aliphatic heterocycles. The molecule has 10 atom stereocenters. The first kappa shape index (κ1) is 38.3. The molecule has 3 heterocycles. The fourth-order valence-corrected chi connectivity index (χ4v) is 6.75. The number of benzene rings is 4. The average Bonchev–Trinajstić information content (AvgIpc) is 3.52. The predicted octanol–water partition coefficient (Wildman–Crippen LogP) is 4.57.